The van der Waals surface area contributed by atoms with E-state index in [9.17, 15) is 0 Å². The molecule has 0 aliphatic heterocycles. The molecule has 1 aromatic heterocycles. The summed E-state index contributed by atoms with van der Waals surface area (Å²) >= 11 is 11.7. The lowest BCUT2D eigenvalue weighted by atomic mass is 10.2. The fourth-order valence-corrected chi connectivity index (χ4v) is 1.48. The maximum Gasteiger partial charge on any atom is 0.238 e. The van der Waals surface area contributed by atoms with E-state index >= 15 is 0 Å². The van der Waals surface area contributed by atoms with Crippen molar-refractivity contribution in [3.05, 3.63) is 46.2 Å². The number of ether oxygens (including phenoxy) is 1. The van der Waals surface area contributed by atoms with Gasteiger partial charge in [-0.15, -0.1) is 0 Å². The largest absolute Gasteiger partial charge is 0.472 e. The number of nitrogens with zero attached hydrogens (tertiary/aromatic N) is 2. The molecule has 6 heteroatoms. The van der Waals surface area contributed by atoms with Crippen molar-refractivity contribution < 1.29 is 4.74 Å². The molecular formula is C11H9Cl2N3O. The minimum atomic E-state index is 0.202. The van der Waals surface area contributed by atoms with Crippen LogP contribution in [0.4, 0.5) is 5.82 Å². The van der Waals surface area contributed by atoms with Gasteiger partial charge in [0.2, 0.25) is 5.88 Å². The highest BCUT2D eigenvalue weighted by molar-refractivity contribution is 6.34. The topological polar surface area (TPSA) is 61.0 Å². The first kappa shape index (κ1) is 12.0. The summed E-state index contributed by atoms with van der Waals surface area (Å²) in [7, 11) is 0. The van der Waals surface area contributed by atoms with Gasteiger partial charge in [0.05, 0.1) is 0 Å². The number of nitrogens with two attached hydrogens (primary N) is 1. The van der Waals surface area contributed by atoms with E-state index < -0.39 is 0 Å². The molecule has 17 heavy (non-hydrogen) atoms. The van der Waals surface area contributed by atoms with Crippen LogP contribution >= 0.6 is 23.2 Å². The fraction of sp³-hybridized carbons (Fsp3) is 0.0909. The van der Waals surface area contributed by atoms with E-state index in [4.69, 9.17) is 33.7 Å². The first-order valence-electron chi connectivity index (χ1n) is 4.80. The minimum absolute atomic E-state index is 0.202. The van der Waals surface area contributed by atoms with E-state index in [0.717, 1.165) is 5.56 Å². The highest BCUT2D eigenvalue weighted by atomic mass is 35.5. The smallest absolute Gasteiger partial charge is 0.238 e. The maximum absolute atomic E-state index is 5.89. The Labute approximate surface area is 108 Å². The lowest BCUT2D eigenvalue weighted by Crippen LogP contribution is -2.00. The van der Waals surface area contributed by atoms with Gasteiger partial charge in [-0.1, -0.05) is 35.3 Å². The Morgan fingerprint density at radius 1 is 1.12 bits per heavy atom. The van der Waals surface area contributed by atoms with Gasteiger partial charge in [0.1, 0.15) is 23.8 Å². The van der Waals surface area contributed by atoms with Crippen molar-refractivity contribution >= 4 is 29.0 Å². The van der Waals surface area contributed by atoms with Gasteiger partial charge in [-0.25, -0.2) is 9.97 Å². The van der Waals surface area contributed by atoms with Gasteiger partial charge in [0.15, 0.2) is 0 Å². The number of anilines is 1. The van der Waals surface area contributed by atoms with Gasteiger partial charge < -0.3 is 10.5 Å². The number of rotatable bonds is 3. The van der Waals surface area contributed by atoms with Crippen LogP contribution in [0.1, 0.15) is 5.56 Å². The Hall–Kier alpha value is -1.52. The maximum atomic E-state index is 5.89. The van der Waals surface area contributed by atoms with Crippen molar-refractivity contribution in [2.45, 2.75) is 6.61 Å². The molecule has 0 spiro atoms. The normalized spacial score (nSPS) is 10.2. The highest BCUT2D eigenvalue weighted by Gasteiger charge is 2.07. The molecule has 0 amide bonds. The zero-order valence-corrected chi connectivity index (χ0v) is 10.2. The quantitative estimate of drug-likeness (QED) is 0.931. The van der Waals surface area contributed by atoms with Crippen LogP contribution in [0.15, 0.2) is 30.6 Å². The summed E-state index contributed by atoms with van der Waals surface area (Å²) in [5.41, 5.74) is 6.49. The summed E-state index contributed by atoms with van der Waals surface area (Å²) < 4.78 is 5.44. The number of halogens is 2. The number of aromatic nitrogens is 2. The highest BCUT2D eigenvalue weighted by Crippen LogP contribution is 2.26. The van der Waals surface area contributed by atoms with E-state index in [1.165, 1.54) is 6.33 Å². The molecule has 0 fully saturated rings. The second-order valence-electron chi connectivity index (χ2n) is 3.29. The van der Waals surface area contributed by atoms with E-state index in [1.54, 1.807) is 12.1 Å². The van der Waals surface area contributed by atoms with Crippen LogP contribution < -0.4 is 10.5 Å². The molecule has 88 valence electrons. The van der Waals surface area contributed by atoms with Crippen molar-refractivity contribution in [2.24, 2.45) is 0 Å². The Morgan fingerprint density at radius 2 is 1.82 bits per heavy atom. The Bertz CT molecular complexity index is 517. The van der Waals surface area contributed by atoms with Crippen molar-refractivity contribution in [2.75, 3.05) is 5.73 Å². The molecule has 0 bridgehead atoms. The van der Waals surface area contributed by atoms with E-state index in [0.29, 0.717) is 11.6 Å². The van der Waals surface area contributed by atoms with Crippen LogP contribution in [-0.4, -0.2) is 9.97 Å². The standard InChI is InChI=1S/C11H9Cl2N3O/c12-8-3-1-7(2-4-8)5-17-11-9(13)10(14)15-6-16-11/h1-4,6H,5H2,(H2,14,15,16). The molecule has 2 aromatic rings. The van der Waals surface area contributed by atoms with Gasteiger partial charge in [0.25, 0.3) is 0 Å². The van der Waals surface area contributed by atoms with Gasteiger partial charge in [-0.2, -0.15) is 0 Å². The van der Waals surface area contributed by atoms with E-state index in [-0.39, 0.29) is 16.7 Å². The summed E-state index contributed by atoms with van der Waals surface area (Å²) in [6.45, 7) is 0.341. The van der Waals surface area contributed by atoms with Crippen molar-refractivity contribution in [1.82, 2.24) is 9.97 Å². The van der Waals surface area contributed by atoms with Crippen LogP contribution in [0.25, 0.3) is 0 Å². The molecule has 0 saturated carbocycles. The van der Waals surface area contributed by atoms with E-state index in [1.807, 2.05) is 12.1 Å². The predicted octanol–water partition coefficient (Wildman–Crippen LogP) is 2.94. The lowest BCUT2D eigenvalue weighted by molar-refractivity contribution is 0.294. The molecule has 1 aromatic carbocycles. The number of benzene rings is 1. The third-order valence-electron chi connectivity index (χ3n) is 2.07. The Morgan fingerprint density at radius 3 is 2.53 bits per heavy atom. The summed E-state index contributed by atoms with van der Waals surface area (Å²) in [5.74, 6) is 0.474. The van der Waals surface area contributed by atoms with Crippen LogP contribution in [0.5, 0.6) is 5.88 Å². The van der Waals surface area contributed by atoms with Gasteiger partial charge in [0, 0.05) is 5.02 Å². The molecule has 2 rings (SSSR count). The first-order valence-corrected chi connectivity index (χ1v) is 5.55. The molecule has 0 unspecified atom stereocenters. The van der Waals surface area contributed by atoms with Crippen molar-refractivity contribution in [3.63, 3.8) is 0 Å². The van der Waals surface area contributed by atoms with Gasteiger partial charge >= 0.3 is 0 Å². The minimum Gasteiger partial charge on any atom is -0.472 e. The monoisotopic (exact) mass is 269 g/mol. The molecule has 1 heterocycles. The van der Waals surface area contributed by atoms with Crippen molar-refractivity contribution in [3.8, 4) is 5.88 Å². The van der Waals surface area contributed by atoms with Crippen molar-refractivity contribution in [1.29, 1.82) is 0 Å². The summed E-state index contributed by atoms with van der Waals surface area (Å²) in [6, 6.07) is 7.30. The third-order valence-corrected chi connectivity index (χ3v) is 2.68. The summed E-state index contributed by atoms with van der Waals surface area (Å²) in [4.78, 5) is 7.64. The lowest BCUT2D eigenvalue weighted by Gasteiger charge is -2.07. The Kier molecular flexibility index (Phi) is 3.66. The average Bonchev–Trinajstić information content (AvgIpc) is 2.33. The van der Waals surface area contributed by atoms with Gasteiger partial charge in [-0.3, -0.25) is 0 Å². The van der Waals surface area contributed by atoms with E-state index in [2.05, 4.69) is 9.97 Å². The van der Waals surface area contributed by atoms with Crippen LogP contribution in [0.3, 0.4) is 0 Å². The molecule has 0 radical (unpaired) electrons. The molecular weight excluding hydrogens is 261 g/mol. The first-order chi connectivity index (χ1) is 8.16. The number of hydrogen-bond acceptors (Lipinski definition) is 4. The Balaban J connectivity index is 2.07. The third kappa shape index (κ3) is 2.99. The molecule has 0 saturated heterocycles. The summed E-state index contributed by atoms with van der Waals surface area (Å²) in [5, 5.41) is 0.902. The number of nitrogen functional groups attached to an aromatic ring is 1. The second-order valence-corrected chi connectivity index (χ2v) is 4.11. The molecule has 0 aliphatic carbocycles. The SMILES string of the molecule is Nc1ncnc(OCc2ccc(Cl)cc2)c1Cl. The molecule has 0 atom stereocenters. The van der Waals surface area contributed by atoms with Crippen LogP contribution in [0.2, 0.25) is 10.0 Å². The summed E-state index contributed by atoms with van der Waals surface area (Å²) in [6.07, 6.45) is 1.30. The average molecular weight is 270 g/mol. The van der Waals surface area contributed by atoms with Crippen LogP contribution in [-0.2, 0) is 6.61 Å². The molecule has 2 N–H and O–H groups in total. The zero-order valence-electron chi connectivity index (χ0n) is 8.73. The number of hydrogen-bond donors (Lipinski definition) is 1. The zero-order chi connectivity index (χ0) is 12.3. The van der Waals surface area contributed by atoms with Crippen LogP contribution in [0, 0.1) is 0 Å². The molecule has 4 nitrogen and oxygen atoms in total. The molecule has 0 aliphatic rings. The second kappa shape index (κ2) is 5.21. The predicted molar refractivity (Wildman–Crippen MR) is 67.2 cm³/mol. The van der Waals surface area contributed by atoms with Gasteiger partial charge in [-0.05, 0) is 17.7 Å². The fourth-order valence-electron chi connectivity index (χ4n) is 1.20.